The number of hydrogen-bond donors (Lipinski definition) is 1. The number of amides is 1. The summed E-state index contributed by atoms with van der Waals surface area (Å²) in [5, 5.41) is 7.01. The molecule has 0 spiro atoms. The molecule has 4 rings (SSSR count). The van der Waals surface area contributed by atoms with Gasteiger partial charge in [-0.3, -0.25) is 9.48 Å². The van der Waals surface area contributed by atoms with Gasteiger partial charge in [0.1, 0.15) is 5.82 Å². The summed E-state index contributed by atoms with van der Waals surface area (Å²) < 4.78 is 25.3. The fourth-order valence-electron chi connectivity index (χ4n) is 2.57. The molecule has 7 heteroatoms. The van der Waals surface area contributed by atoms with Crippen LogP contribution in [0.15, 0.2) is 54.7 Å². The lowest BCUT2D eigenvalue weighted by atomic mass is 10.2. The van der Waals surface area contributed by atoms with Gasteiger partial charge in [-0.2, -0.15) is 5.10 Å². The third-order valence-electron chi connectivity index (χ3n) is 3.75. The number of aromatic nitrogens is 2. The average Bonchev–Trinajstić information content (AvgIpc) is 3.23. The Morgan fingerprint density at radius 1 is 1.16 bits per heavy atom. The lowest BCUT2D eigenvalue weighted by Gasteiger charge is -2.04. The summed E-state index contributed by atoms with van der Waals surface area (Å²) in [6.45, 7) is 0.572. The highest BCUT2D eigenvalue weighted by Gasteiger charge is 2.16. The van der Waals surface area contributed by atoms with Crippen LogP contribution in [0.4, 0.5) is 10.2 Å². The third-order valence-corrected chi connectivity index (χ3v) is 3.75. The molecule has 2 heterocycles. The van der Waals surface area contributed by atoms with Crippen LogP contribution in [0.3, 0.4) is 0 Å². The Balaban J connectivity index is 1.44. The van der Waals surface area contributed by atoms with Gasteiger partial charge in [0.15, 0.2) is 17.3 Å². The van der Waals surface area contributed by atoms with E-state index < -0.39 is 0 Å². The number of nitrogens with one attached hydrogen (secondary N) is 1. The Morgan fingerprint density at radius 2 is 2.04 bits per heavy atom. The summed E-state index contributed by atoms with van der Waals surface area (Å²) in [6.07, 6.45) is 1.72. The van der Waals surface area contributed by atoms with Crippen molar-refractivity contribution in [2.75, 3.05) is 12.1 Å². The highest BCUT2D eigenvalue weighted by Crippen LogP contribution is 2.32. The number of anilines is 1. The lowest BCUT2D eigenvalue weighted by Crippen LogP contribution is -2.12. The molecule has 3 aromatic rings. The van der Waals surface area contributed by atoms with Crippen molar-refractivity contribution in [3.63, 3.8) is 0 Å². The van der Waals surface area contributed by atoms with Gasteiger partial charge in [-0.25, -0.2) is 4.39 Å². The quantitative estimate of drug-likeness (QED) is 0.793. The van der Waals surface area contributed by atoms with Crippen molar-refractivity contribution in [2.45, 2.75) is 6.54 Å². The molecule has 1 aromatic heterocycles. The van der Waals surface area contributed by atoms with Crippen LogP contribution in [0.25, 0.3) is 0 Å². The fourth-order valence-corrected chi connectivity index (χ4v) is 2.57. The molecule has 0 fully saturated rings. The molecule has 2 aromatic carbocycles. The molecule has 0 unspecified atom stereocenters. The van der Waals surface area contributed by atoms with Crippen LogP contribution in [0.1, 0.15) is 15.9 Å². The van der Waals surface area contributed by atoms with Gasteiger partial charge >= 0.3 is 0 Å². The summed E-state index contributed by atoms with van der Waals surface area (Å²) in [7, 11) is 0. The Morgan fingerprint density at radius 3 is 2.92 bits per heavy atom. The standard InChI is InChI=1S/C18H14FN3O3/c19-14-3-1-2-12(8-14)10-22-7-6-17(21-22)20-18(23)13-4-5-15-16(9-13)25-11-24-15/h1-9H,10-11H2,(H,20,21,23). The fraction of sp³-hybridized carbons (Fsp3) is 0.111. The Labute approximate surface area is 142 Å². The number of nitrogens with zero attached hydrogens (tertiary/aromatic N) is 2. The van der Waals surface area contributed by atoms with Crippen molar-refractivity contribution < 1.29 is 18.7 Å². The molecule has 1 aliphatic rings. The predicted molar refractivity (Wildman–Crippen MR) is 88.2 cm³/mol. The van der Waals surface area contributed by atoms with Crippen molar-refractivity contribution >= 4 is 11.7 Å². The number of benzene rings is 2. The van der Waals surface area contributed by atoms with E-state index in [1.807, 2.05) is 6.07 Å². The van der Waals surface area contributed by atoms with E-state index in [2.05, 4.69) is 10.4 Å². The molecule has 1 N–H and O–H groups in total. The highest BCUT2D eigenvalue weighted by atomic mass is 19.1. The monoisotopic (exact) mass is 339 g/mol. The summed E-state index contributed by atoms with van der Waals surface area (Å²) in [6, 6.07) is 13.0. The lowest BCUT2D eigenvalue weighted by molar-refractivity contribution is 0.102. The molecule has 1 amide bonds. The van der Waals surface area contributed by atoms with E-state index in [4.69, 9.17) is 9.47 Å². The number of fused-ring (bicyclic) bond motifs is 1. The Hall–Kier alpha value is -3.35. The van der Waals surface area contributed by atoms with Gasteiger partial charge < -0.3 is 14.8 Å². The smallest absolute Gasteiger partial charge is 0.257 e. The van der Waals surface area contributed by atoms with Crippen LogP contribution >= 0.6 is 0 Å². The first-order chi connectivity index (χ1) is 12.2. The summed E-state index contributed by atoms with van der Waals surface area (Å²) in [5.74, 6) is 0.995. The minimum absolute atomic E-state index is 0.158. The largest absolute Gasteiger partial charge is 0.454 e. The van der Waals surface area contributed by atoms with Gasteiger partial charge in [-0.1, -0.05) is 12.1 Å². The van der Waals surface area contributed by atoms with E-state index in [1.165, 1.54) is 12.1 Å². The van der Waals surface area contributed by atoms with Crippen LogP contribution in [-0.2, 0) is 6.54 Å². The molecule has 1 aliphatic heterocycles. The molecule has 126 valence electrons. The number of ether oxygens (including phenoxy) is 2. The topological polar surface area (TPSA) is 65.4 Å². The third kappa shape index (κ3) is 3.30. The molecular formula is C18H14FN3O3. The second kappa shape index (κ2) is 6.27. The number of carbonyl (C=O) groups excluding carboxylic acids is 1. The molecule has 0 saturated heterocycles. The molecule has 0 aliphatic carbocycles. The number of carbonyl (C=O) groups is 1. The van der Waals surface area contributed by atoms with Gasteiger partial charge in [-0.05, 0) is 35.9 Å². The number of rotatable bonds is 4. The van der Waals surface area contributed by atoms with E-state index in [0.29, 0.717) is 29.4 Å². The zero-order valence-electron chi connectivity index (χ0n) is 13.1. The zero-order chi connectivity index (χ0) is 17.2. The molecule has 25 heavy (non-hydrogen) atoms. The van der Waals surface area contributed by atoms with E-state index in [-0.39, 0.29) is 18.5 Å². The first-order valence-corrected chi connectivity index (χ1v) is 7.66. The maximum Gasteiger partial charge on any atom is 0.257 e. The Kier molecular flexibility index (Phi) is 3.81. The van der Waals surface area contributed by atoms with Gasteiger partial charge in [-0.15, -0.1) is 0 Å². The van der Waals surface area contributed by atoms with Crippen LogP contribution < -0.4 is 14.8 Å². The Bertz CT molecular complexity index is 939. The predicted octanol–water partition coefficient (Wildman–Crippen LogP) is 3.05. The van der Waals surface area contributed by atoms with Crippen molar-refractivity contribution in [1.82, 2.24) is 9.78 Å². The van der Waals surface area contributed by atoms with E-state index >= 15 is 0 Å². The van der Waals surface area contributed by atoms with Gasteiger partial charge in [0.05, 0.1) is 6.54 Å². The summed E-state index contributed by atoms with van der Waals surface area (Å²) >= 11 is 0. The van der Waals surface area contributed by atoms with Gasteiger partial charge in [0, 0.05) is 17.8 Å². The maximum absolute atomic E-state index is 13.2. The molecule has 0 saturated carbocycles. The summed E-state index contributed by atoms with van der Waals surface area (Å²) in [5.41, 5.74) is 1.24. The minimum Gasteiger partial charge on any atom is -0.454 e. The molecule has 6 nitrogen and oxygen atoms in total. The van der Waals surface area contributed by atoms with Crippen LogP contribution in [0.2, 0.25) is 0 Å². The van der Waals surface area contributed by atoms with E-state index in [1.54, 1.807) is 41.2 Å². The van der Waals surface area contributed by atoms with Crippen molar-refractivity contribution in [3.05, 3.63) is 71.7 Å². The van der Waals surface area contributed by atoms with Crippen molar-refractivity contribution in [1.29, 1.82) is 0 Å². The van der Waals surface area contributed by atoms with Gasteiger partial charge in [0.25, 0.3) is 5.91 Å². The maximum atomic E-state index is 13.2. The SMILES string of the molecule is O=C(Nc1ccn(Cc2cccc(F)c2)n1)c1ccc2c(c1)OCO2. The molecular weight excluding hydrogens is 325 g/mol. The van der Waals surface area contributed by atoms with Crippen molar-refractivity contribution in [2.24, 2.45) is 0 Å². The van der Waals surface area contributed by atoms with E-state index in [0.717, 1.165) is 5.56 Å². The first kappa shape index (κ1) is 15.2. The zero-order valence-corrected chi connectivity index (χ0v) is 13.1. The van der Waals surface area contributed by atoms with Crippen molar-refractivity contribution in [3.8, 4) is 11.5 Å². The van der Waals surface area contributed by atoms with Crippen LogP contribution in [0, 0.1) is 5.82 Å². The average molecular weight is 339 g/mol. The second-order valence-corrected chi connectivity index (χ2v) is 5.55. The van der Waals surface area contributed by atoms with Crippen LogP contribution in [0.5, 0.6) is 11.5 Å². The normalized spacial score (nSPS) is 12.2. The molecule has 0 atom stereocenters. The molecule has 0 radical (unpaired) electrons. The molecule has 0 bridgehead atoms. The number of hydrogen-bond acceptors (Lipinski definition) is 4. The first-order valence-electron chi connectivity index (χ1n) is 7.66. The highest BCUT2D eigenvalue weighted by molar-refractivity contribution is 6.04. The van der Waals surface area contributed by atoms with Gasteiger partial charge in [0.2, 0.25) is 6.79 Å². The number of halogens is 1. The summed E-state index contributed by atoms with van der Waals surface area (Å²) in [4.78, 5) is 12.3. The minimum atomic E-state index is -0.297. The van der Waals surface area contributed by atoms with Crippen LogP contribution in [-0.4, -0.2) is 22.5 Å². The van der Waals surface area contributed by atoms with E-state index in [9.17, 15) is 9.18 Å². The second-order valence-electron chi connectivity index (χ2n) is 5.55.